The first-order chi connectivity index (χ1) is 7.25. The molecule has 0 unspecified atom stereocenters. The Labute approximate surface area is 81.8 Å². The summed E-state index contributed by atoms with van der Waals surface area (Å²) >= 11 is 0. The molecular formula is C10H11N3O. The highest BCUT2D eigenvalue weighted by atomic mass is 16.1. The first kappa shape index (κ1) is 6.81. The van der Waals surface area contributed by atoms with Gasteiger partial charge in [-0.3, -0.25) is 4.79 Å². The number of nitrogens with one attached hydrogen (secondary N) is 2. The highest BCUT2D eigenvalue weighted by molar-refractivity contribution is 5.73. The third kappa shape index (κ3) is 0.999. The molecule has 14 heavy (non-hydrogen) atoms. The van der Waals surface area contributed by atoms with Crippen LogP contribution in [0, 0.1) is 0 Å². The Balaban J connectivity index is 2.24. The Morgan fingerprint density at radius 1 is 1.57 bits per heavy atom. The molecule has 1 fully saturated rings. The van der Waals surface area contributed by atoms with Crippen LogP contribution in [0.3, 0.4) is 0 Å². The molecule has 0 saturated heterocycles. The van der Waals surface area contributed by atoms with Gasteiger partial charge in [-0.05, 0) is 18.9 Å². The maximum absolute atomic E-state index is 11.7. The Kier molecular flexibility index (Phi) is 1.31. The van der Waals surface area contributed by atoms with Crippen LogP contribution in [0.15, 0.2) is 17.1 Å². The van der Waals surface area contributed by atoms with Crippen molar-refractivity contribution >= 4 is 11.0 Å². The van der Waals surface area contributed by atoms with Crippen molar-refractivity contribution in [1.82, 2.24) is 14.9 Å². The lowest BCUT2D eigenvalue weighted by atomic mass is 9.85. The lowest BCUT2D eigenvalue weighted by molar-refractivity contribution is 0.401. The maximum atomic E-state index is 11.7. The van der Waals surface area contributed by atoms with E-state index in [1.807, 2.05) is 0 Å². The van der Waals surface area contributed by atoms with Crippen molar-refractivity contribution in [2.45, 2.75) is 25.2 Å². The first-order valence-electron chi connectivity index (χ1n) is 5.31. The summed E-state index contributed by atoms with van der Waals surface area (Å²) in [6.07, 6.45) is 4.92. The molecule has 4 heteroatoms. The van der Waals surface area contributed by atoms with Crippen LogP contribution in [0.4, 0.5) is 0 Å². The Hall–Kier alpha value is -1.58. The molecule has 1 aliphatic rings. The number of hydrogen-bond donors (Lipinski definition) is 2. The molecule has 0 bridgehead atoms. The molecule has 0 radical (unpaired) electrons. The second-order valence-electron chi connectivity index (χ2n) is 3.76. The minimum Gasteiger partial charge on any atom is -0.346 e. The van der Waals surface area contributed by atoms with Gasteiger partial charge >= 0.3 is 0 Å². The molecule has 2 heterocycles. The van der Waals surface area contributed by atoms with Crippen molar-refractivity contribution in [3.05, 3.63) is 28.4 Å². The number of fused-ring (bicyclic) bond motifs is 1. The Morgan fingerprint density at radius 2 is 2.43 bits per heavy atom. The molecule has 0 spiro atoms. The van der Waals surface area contributed by atoms with Gasteiger partial charge in [0.25, 0.3) is 5.56 Å². The fourth-order valence-corrected chi connectivity index (χ4v) is 1.79. The van der Waals surface area contributed by atoms with Crippen molar-refractivity contribution < 1.29 is 1.41 Å². The van der Waals surface area contributed by atoms with Gasteiger partial charge in [0.1, 0.15) is 11.5 Å². The van der Waals surface area contributed by atoms with E-state index in [9.17, 15) is 4.79 Å². The zero-order valence-corrected chi connectivity index (χ0v) is 7.66. The lowest BCUT2D eigenvalue weighted by Crippen LogP contribution is -2.18. The molecule has 1 saturated carbocycles. The van der Waals surface area contributed by atoms with Gasteiger partial charge in [-0.15, -0.1) is 0 Å². The molecule has 0 amide bonds. The van der Waals surface area contributed by atoms with Crippen molar-refractivity contribution in [2.75, 3.05) is 0 Å². The van der Waals surface area contributed by atoms with E-state index in [1.54, 1.807) is 6.07 Å². The smallest absolute Gasteiger partial charge is 0.260 e. The molecule has 0 aliphatic heterocycles. The summed E-state index contributed by atoms with van der Waals surface area (Å²) in [5.41, 5.74) is 0.327. The highest BCUT2D eigenvalue weighted by Crippen LogP contribution is 2.33. The summed E-state index contributed by atoms with van der Waals surface area (Å²) in [6, 6.07) is 1.62. The van der Waals surface area contributed by atoms with Crippen LogP contribution < -0.4 is 5.56 Å². The van der Waals surface area contributed by atoms with Crippen LogP contribution in [-0.4, -0.2) is 14.9 Å². The largest absolute Gasteiger partial charge is 0.346 e. The Morgan fingerprint density at radius 3 is 3.14 bits per heavy atom. The van der Waals surface area contributed by atoms with Crippen LogP contribution in [0.2, 0.25) is 1.41 Å². The van der Waals surface area contributed by atoms with E-state index >= 15 is 0 Å². The van der Waals surface area contributed by atoms with E-state index < -0.39 is 0 Å². The predicted octanol–water partition coefficient (Wildman–Crippen LogP) is 1.52. The molecule has 0 aromatic carbocycles. The van der Waals surface area contributed by atoms with Crippen LogP contribution in [0.25, 0.3) is 11.0 Å². The zero-order valence-electron chi connectivity index (χ0n) is 8.66. The van der Waals surface area contributed by atoms with E-state index in [1.165, 1.54) is 12.6 Å². The van der Waals surface area contributed by atoms with Gasteiger partial charge in [-0.1, -0.05) is 6.42 Å². The number of rotatable bonds is 1. The topological polar surface area (TPSA) is 61.5 Å². The molecule has 1 aliphatic carbocycles. The average Bonchev–Trinajstić information content (AvgIpc) is 2.46. The third-order valence-corrected chi connectivity index (χ3v) is 2.88. The van der Waals surface area contributed by atoms with Gasteiger partial charge in [0.15, 0.2) is 1.41 Å². The van der Waals surface area contributed by atoms with Crippen molar-refractivity contribution in [3.8, 4) is 0 Å². The highest BCUT2D eigenvalue weighted by Gasteiger charge is 2.22. The summed E-state index contributed by atoms with van der Waals surface area (Å²) in [6.45, 7) is 0. The normalized spacial score (nSPS) is 18.1. The van der Waals surface area contributed by atoms with Gasteiger partial charge in [0, 0.05) is 12.1 Å². The first-order valence-corrected chi connectivity index (χ1v) is 4.86. The molecule has 3 rings (SSSR count). The van der Waals surface area contributed by atoms with Crippen LogP contribution in [0.5, 0.6) is 0 Å². The lowest BCUT2D eigenvalue weighted by Gasteiger charge is -2.23. The van der Waals surface area contributed by atoms with E-state index in [0.717, 1.165) is 23.6 Å². The fraction of sp³-hybridized carbons (Fsp3) is 0.400. The molecule has 2 N–H and O–H groups in total. The van der Waals surface area contributed by atoms with Crippen LogP contribution >= 0.6 is 0 Å². The van der Waals surface area contributed by atoms with Gasteiger partial charge < -0.3 is 9.96 Å². The molecule has 0 atom stereocenters. The van der Waals surface area contributed by atoms with Gasteiger partial charge in [-0.25, -0.2) is 4.98 Å². The molecule has 72 valence electrons. The quantitative estimate of drug-likeness (QED) is 0.716. The fourth-order valence-electron chi connectivity index (χ4n) is 1.79. The number of aromatic amines is 2. The van der Waals surface area contributed by atoms with Gasteiger partial charge in [0.05, 0.1) is 5.39 Å². The molecule has 2 aromatic heterocycles. The summed E-state index contributed by atoms with van der Waals surface area (Å²) in [7, 11) is 0. The standard InChI is InChI=1S/C10H11N3O/c14-10-7-4-5-11-9(7)12-8(13-10)6-2-1-3-6/h4-6H,1-3H2,(H2,11,12,13,14)/i/hD. The predicted molar refractivity (Wildman–Crippen MR) is 53.3 cm³/mol. The summed E-state index contributed by atoms with van der Waals surface area (Å²) in [5.74, 6) is 1.13. The zero-order chi connectivity index (χ0) is 10.4. The molecule has 4 nitrogen and oxygen atoms in total. The number of aromatic nitrogens is 3. The van der Waals surface area contributed by atoms with Crippen LogP contribution in [0.1, 0.15) is 31.0 Å². The average molecular weight is 190 g/mol. The van der Waals surface area contributed by atoms with E-state index in [-0.39, 0.29) is 5.56 Å². The van der Waals surface area contributed by atoms with Crippen LogP contribution in [-0.2, 0) is 0 Å². The number of hydrogen-bond acceptors (Lipinski definition) is 2. The van der Waals surface area contributed by atoms with E-state index in [4.69, 9.17) is 1.41 Å². The second-order valence-corrected chi connectivity index (χ2v) is 3.76. The minimum atomic E-state index is -0.132. The van der Waals surface area contributed by atoms with Crippen molar-refractivity contribution in [1.29, 1.82) is 0 Å². The van der Waals surface area contributed by atoms with Gasteiger partial charge in [0.2, 0.25) is 0 Å². The third-order valence-electron chi connectivity index (χ3n) is 2.88. The number of H-pyrrole nitrogens is 2. The minimum absolute atomic E-state index is 0.132. The summed E-state index contributed by atoms with van der Waals surface area (Å²) < 4.78 is 7.55. The Bertz CT molecular complexity index is 568. The van der Waals surface area contributed by atoms with Crippen molar-refractivity contribution in [3.63, 3.8) is 0 Å². The second kappa shape index (κ2) is 2.70. The SMILES string of the molecule is [2H]n1ccc2c(=O)[nH]c(C3CCC3)nc21. The number of nitrogens with zero attached hydrogens (tertiary/aromatic N) is 1. The molecular weight excluding hydrogens is 178 g/mol. The summed E-state index contributed by atoms with van der Waals surface area (Å²) in [4.78, 5) is 20.0. The van der Waals surface area contributed by atoms with E-state index in [2.05, 4.69) is 9.97 Å². The monoisotopic (exact) mass is 190 g/mol. The molecule has 2 aromatic rings. The maximum Gasteiger partial charge on any atom is 0.260 e. The van der Waals surface area contributed by atoms with Crippen molar-refractivity contribution in [2.24, 2.45) is 0 Å². The summed E-state index contributed by atoms with van der Waals surface area (Å²) in [5, 5.41) is 0.494. The van der Waals surface area contributed by atoms with E-state index in [0.29, 0.717) is 17.0 Å². The van der Waals surface area contributed by atoms with Gasteiger partial charge in [-0.2, -0.15) is 0 Å².